The van der Waals surface area contributed by atoms with Gasteiger partial charge in [-0.3, -0.25) is 0 Å². The van der Waals surface area contributed by atoms with Crippen LogP contribution >= 0.6 is 0 Å². The second-order valence-corrected chi connectivity index (χ2v) is 4.40. The maximum absolute atomic E-state index is 4.55. The van der Waals surface area contributed by atoms with E-state index in [1.54, 1.807) is 0 Å². The smallest absolute Gasteiger partial charge is 0.132 e. The molecular formula is C12H19N3. The molecule has 0 aromatic rings. The summed E-state index contributed by atoms with van der Waals surface area (Å²) < 4.78 is 0. The van der Waals surface area contributed by atoms with E-state index in [1.165, 1.54) is 12.8 Å². The van der Waals surface area contributed by atoms with Crippen LogP contribution in [-0.4, -0.2) is 34.8 Å². The van der Waals surface area contributed by atoms with Gasteiger partial charge in [-0.05, 0) is 32.8 Å². The molecule has 0 saturated carbocycles. The molecule has 15 heavy (non-hydrogen) atoms. The first-order valence-corrected chi connectivity index (χ1v) is 5.67. The highest BCUT2D eigenvalue weighted by Crippen LogP contribution is 2.18. The molecule has 82 valence electrons. The zero-order valence-electron chi connectivity index (χ0n) is 9.61. The lowest BCUT2D eigenvalue weighted by Gasteiger charge is -2.29. The quantitative estimate of drug-likeness (QED) is 0.653. The second-order valence-electron chi connectivity index (χ2n) is 4.40. The lowest BCUT2D eigenvalue weighted by atomic mass is 10.3. The van der Waals surface area contributed by atoms with Gasteiger partial charge in [-0.1, -0.05) is 6.58 Å². The number of likely N-dealkylation sites (tertiary alicyclic amines) is 1. The molecule has 2 heterocycles. The highest BCUT2D eigenvalue weighted by Gasteiger charge is 2.19. The van der Waals surface area contributed by atoms with Crippen molar-refractivity contribution in [2.75, 3.05) is 13.1 Å². The molecule has 2 aliphatic heterocycles. The molecule has 0 amide bonds. The van der Waals surface area contributed by atoms with Crippen LogP contribution in [0.4, 0.5) is 0 Å². The van der Waals surface area contributed by atoms with E-state index >= 15 is 0 Å². The van der Waals surface area contributed by atoms with Crippen LogP contribution in [0.5, 0.6) is 0 Å². The topological polar surface area (TPSA) is 18.8 Å². The van der Waals surface area contributed by atoms with E-state index in [4.69, 9.17) is 0 Å². The number of amidine groups is 1. The van der Waals surface area contributed by atoms with Crippen LogP contribution in [0.15, 0.2) is 29.7 Å². The van der Waals surface area contributed by atoms with Gasteiger partial charge < -0.3 is 9.80 Å². The fourth-order valence-corrected chi connectivity index (χ4v) is 2.05. The molecule has 0 atom stereocenters. The number of nitrogens with zero attached hydrogens (tertiary/aromatic N) is 3. The van der Waals surface area contributed by atoms with Gasteiger partial charge in [0.25, 0.3) is 0 Å². The molecule has 0 N–H and O–H groups in total. The minimum Gasteiger partial charge on any atom is -0.357 e. The van der Waals surface area contributed by atoms with Gasteiger partial charge >= 0.3 is 0 Å². The summed E-state index contributed by atoms with van der Waals surface area (Å²) >= 11 is 0. The van der Waals surface area contributed by atoms with Crippen molar-refractivity contribution in [3.63, 3.8) is 0 Å². The lowest BCUT2D eigenvalue weighted by Crippen LogP contribution is -2.32. The Kier molecular flexibility index (Phi) is 2.80. The monoisotopic (exact) mass is 205 g/mol. The van der Waals surface area contributed by atoms with Gasteiger partial charge in [0.05, 0.1) is 0 Å². The maximum Gasteiger partial charge on any atom is 0.132 e. The first-order valence-electron chi connectivity index (χ1n) is 5.67. The average Bonchev–Trinajstić information content (AvgIpc) is 2.69. The van der Waals surface area contributed by atoms with E-state index in [0.717, 1.165) is 24.7 Å². The third-order valence-corrected chi connectivity index (χ3v) is 2.91. The number of hydrogen-bond acceptors (Lipinski definition) is 3. The Balaban J connectivity index is 2.09. The minimum absolute atomic E-state index is 0.428. The van der Waals surface area contributed by atoms with Crippen molar-refractivity contribution in [3.8, 4) is 0 Å². The normalized spacial score (nSPS) is 21.5. The number of rotatable bonds is 1. The molecule has 0 bridgehead atoms. The van der Waals surface area contributed by atoms with Crippen LogP contribution in [0.1, 0.15) is 26.7 Å². The number of aliphatic imine (C=N–C) groups is 1. The Morgan fingerprint density at radius 3 is 2.53 bits per heavy atom. The lowest BCUT2D eigenvalue weighted by molar-refractivity contribution is 0.375. The largest absolute Gasteiger partial charge is 0.357 e. The van der Waals surface area contributed by atoms with Gasteiger partial charge in [-0.25, -0.2) is 4.99 Å². The second kappa shape index (κ2) is 4.09. The van der Waals surface area contributed by atoms with Crippen LogP contribution in [0.25, 0.3) is 0 Å². The highest BCUT2D eigenvalue weighted by atomic mass is 15.3. The molecule has 2 aliphatic rings. The zero-order valence-corrected chi connectivity index (χ0v) is 9.61. The van der Waals surface area contributed by atoms with E-state index in [1.807, 2.05) is 0 Å². The van der Waals surface area contributed by atoms with E-state index in [2.05, 4.69) is 47.5 Å². The Morgan fingerprint density at radius 1 is 1.33 bits per heavy atom. The van der Waals surface area contributed by atoms with Crippen molar-refractivity contribution in [2.45, 2.75) is 32.7 Å². The van der Waals surface area contributed by atoms with Crippen molar-refractivity contribution in [3.05, 3.63) is 24.7 Å². The van der Waals surface area contributed by atoms with Crippen LogP contribution in [0.3, 0.4) is 0 Å². The van der Waals surface area contributed by atoms with E-state index in [-0.39, 0.29) is 0 Å². The van der Waals surface area contributed by atoms with Crippen molar-refractivity contribution in [1.82, 2.24) is 9.80 Å². The van der Waals surface area contributed by atoms with Crippen LogP contribution in [-0.2, 0) is 0 Å². The van der Waals surface area contributed by atoms with Crippen molar-refractivity contribution < 1.29 is 0 Å². The van der Waals surface area contributed by atoms with Crippen molar-refractivity contribution >= 4 is 5.84 Å². The van der Waals surface area contributed by atoms with Gasteiger partial charge in [0.15, 0.2) is 0 Å². The van der Waals surface area contributed by atoms with E-state index < -0.39 is 0 Å². The molecule has 1 fully saturated rings. The maximum atomic E-state index is 4.55. The van der Waals surface area contributed by atoms with Crippen LogP contribution in [0, 0.1) is 0 Å². The van der Waals surface area contributed by atoms with Crippen LogP contribution < -0.4 is 0 Å². The average molecular weight is 205 g/mol. The van der Waals surface area contributed by atoms with E-state index in [0.29, 0.717) is 6.04 Å². The number of hydrogen-bond donors (Lipinski definition) is 0. The molecule has 0 radical (unpaired) electrons. The fourth-order valence-electron chi connectivity index (χ4n) is 2.05. The molecule has 1 saturated heterocycles. The molecule has 3 nitrogen and oxygen atoms in total. The Bertz CT molecular complexity index is 309. The molecule has 0 aliphatic carbocycles. The van der Waals surface area contributed by atoms with Gasteiger partial charge in [0.2, 0.25) is 0 Å². The summed E-state index contributed by atoms with van der Waals surface area (Å²) in [6, 6.07) is 0.428. The Labute approximate surface area is 91.8 Å². The van der Waals surface area contributed by atoms with Crippen LogP contribution in [0.2, 0.25) is 0 Å². The van der Waals surface area contributed by atoms with Crippen molar-refractivity contribution in [1.29, 1.82) is 0 Å². The summed E-state index contributed by atoms with van der Waals surface area (Å²) in [4.78, 5) is 8.98. The molecule has 0 aromatic carbocycles. The summed E-state index contributed by atoms with van der Waals surface area (Å²) in [5.74, 6) is 1.93. The summed E-state index contributed by atoms with van der Waals surface area (Å²) in [5.41, 5.74) is 0. The summed E-state index contributed by atoms with van der Waals surface area (Å²) in [5, 5.41) is 0. The molecule has 3 heteroatoms. The minimum atomic E-state index is 0.428. The third kappa shape index (κ3) is 2.06. The van der Waals surface area contributed by atoms with Gasteiger partial charge in [-0.2, -0.15) is 0 Å². The first-order chi connectivity index (χ1) is 7.18. The van der Waals surface area contributed by atoms with Gasteiger partial charge in [0.1, 0.15) is 11.7 Å². The molecule has 0 spiro atoms. The molecular weight excluding hydrogens is 186 g/mol. The van der Waals surface area contributed by atoms with E-state index in [9.17, 15) is 0 Å². The van der Waals surface area contributed by atoms with Gasteiger partial charge in [-0.15, -0.1) is 0 Å². The molecule has 0 unspecified atom stereocenters. The Morgan fingerprint density at radius 2 is 2.00 bits per heavy atom. The molecule has 0 aromatic heterocycles. The highest BCUT2D eigenvalue weighted by molar-refractivity contribution is 5.94. The zero-order chi connectivity index (χ0) is 10.8. The fraction of sp³-hybridized carbons (Fsp3) is 0.583. The SMILES string of the molecule is C=C1N=C(N2CCCC2)C=CN1C(C)C. The first kappa shape index (κ1) is 10.3. The predicted octanol–water partition coefficient (Wildman–Crippen LogP) is 2.19. The Hall–Kier alpha value is -1.25. The summed E-state index contributed by atoms with van der Waals surface area (Å²) in [6.07, 6.45) is 6.76. The summed E-state index contributed by atoms with van der Waals surface area (Å²) in [7, 11) is 0. The molecule has 2 rings (SSSR count). The third-order valence-electron chi connectivity index (χ3n) is 2.91. The standard InChI is InChI=1S/C12H19N3/c1-10(2)15-9-6-12(13-11(15)3)14-7-4-5-8-14/h6,9-10H,3-5,7-8H2,1-2H3. The predicted molar refractivity (Wildman–Crippen MR) is 63.5 cm³/mol. The summed E-state index contributed by atoms with van der Waals surface area (Å²) in [6.45, 7) is 10.6. The van der Waals surface area contributed by atoms with Gasteiger partial charge in [0, 0.05) is 25.3 Å². The van der Waals surface area contributed by atoms with Crippen molar-refractivity contribution in [2.24, 2.45) is 4.99 Å².